The van der Waals surface area contributed by atoms with E-state index in [2.05, 4.69) is 5.32 Å². The van der Waals surface area contributed by atoms with Gasteiger partial charge in [0.05, 0.1) is 10.7 Å². The van der Waals surface area contributed by atoms with Gasteiger partial charge in [-0.05, 0) is 30.3 Å². The number of esters is 1. The second-order valence-corrected chi connectivity index (χ2v) is 5.76. The van der Waals surface area contributed by atoms with Gasteiger partial charge in [0.15, 0.2) is 25.6 Å². The quantitative estimate of drug-likeness (QED) is 0.616. The van der Waals surface area contributed by atoms with Crippen molar-refractivity contribution in [3.63, 3.8) is 0 Å². The number of benzene rings is 2. The molecule has 134 valence electrons. The Morgan fingerprint density at radius 1 is 1.15 bits per heavy atom. The van der Waals surface area contributed by atoms with Crippen molar-refractivity contribution in [3.05, 3.63) is 53.1 Å². The molecule has 1 amide bonds. The summed E-state index contributed by atoms with van der Waals surface area (Å²) >= 11 is 5.91. The first-order valence-electron chi connectivity index (χ1n) is 7.66. The molecule has 2 aromatic rings. The fourth-order valence-electron chi connectivity index (χ4n) is 2.23. The van der Waals surface area contributed by atoms with Crippen LogP contribution >= 0.6 is 11.6 Å². The van der Waals surface area contributed by atoms with Gasteiger partial charge in [0.1, 0.15) is 11.5 Å². The lowest BCUT2D eigenvalue weighted by molar-refractivity contribution is -0.144. The van der Waals surface area contributed by atoms with E-state index in [1.807, 2.05) is 0 Å². The molecular formula is C18H14ClNO6. The molecule has 0 fully saturated rings. The van der Waals surface area contributed by atoms with Gasteiger partial charge in [-0.25, -0.2) is 4.79 Å². The number of hydrogen-bond donors (Lipinski definition) is 1. The van der Waals surface area contributed by atoms with E-state index in [-0.39, 0.29) is 24.7 Å². The number of amides is 1. The zero-order chi connectivity index (χ0) is 18.5. The van der Waals surface area contributed by atoms with E-state index in [4.69, 9.17) is 25.8 Å². The Morgan fingerprint density at radius 2 is 1.96 bits per heavy atom. The van der Waals surface area contributed by atoms with Crippen LogP contribution in [-0.2, 0) is 14.3 Å². The zero-order valence-electron chi connectivity index (χ0n) is 13.5. The summed E-state index contributed by atoms with van der Waals surface area (Å²) in [5.74, 6) is -0.592. The lowest BCUT2D eigenvalue weighted by atomic mass is 10.1. The molecule has 0 saturated heterocycles. The molecule has 8 heteroatoms. The number of ketones is 1. The lowest BCUT2D eigenvalue weighted by Crippen LogP contribution is -2.25. The van der Waals surface area contributed by atoms with Crippen LogP contribution in [0.3, 0.4) is 0 Å². The Labute approximate surface area is 153 Å². The number of ether oxygens (including phenoxy) is 3. The summed E-state index contributed by atoms with van der Waals surface area (Å²) in [7, 11) is 0. The average molecular weight is 376 g/mol. The minimum atomic E-state index is -0.701. The zero-order valence-corrected chi connectivity index (χ0v) is 14.2. The number of nitrogens with one attached hydrogen (secondary N) is 1. The number of halogens is 1. The van der Waals surface area contributed by atoms with Gasteiger partial charge in [-0.3, -0.25) is 9.59 Å². The highest BCUT2D eigenvalue weighted by molar-refractivity contribution is 6.32. The summed E-state index contributed by atoms with van der Waals surface area (Å²) in [4.78, 5) is 35.2. The topological polar surface area (TPSA) is 90.9 Å². The maximum atomic E-state index is 12.2. The molecule has 0 bridgehead atoms. The van der Waals surface area contributed by atoms with Gasteiger partial charge >= 0.3 is 5.97 Å². The Balaban J connectivity index is 1.52. The van der Waals surface area contributed by atoms with E-state index < -0.39 is 18.4 Å². The number of para-hydroxylation sites is 1. The van der Waals surface area contributed by atoms with Gasteiger partial charge in [0.2, 0.25) is 0 Å². The summed E-state index contributed by atoms with van der Waals surface area (Å²) in [6, 6.07) is 11.3. The van der Waals surface area contributed by atoms with Crippen LogP contribution in [-0.4, -0.2) is 37.5 Å². The molecular weight excluding hydrogens is 362 g/mol. The number of carbonyl (C=O) groups is 3. The highest BCUT2D eigenvalue weighted by Gasteiger charge is 2.18. The normalized spacial score (nSPS) is 12.4. The molecule has 26 heavy (non-hydrogen) atoms. The molecule has 1 N–H and O–H groups in total. The predicted octanol–water partition coefficient (Wildman–Crippen LogP) is 2.48. The minimum absolute atomic E-state index is 0.0661. The van der Waals surface area contributed by atoms with Crippen molar-refractivity contribution < 1.29 is 28.6 Å². The molecule has 1 aliphatic heterocycles. The highest BCUT2D eigenvalue weighted by Crippen LogP contribution is 2.28. The summed E-state index contributed by atoms with van der Waals surface area (Å²) in [5.41, 5.74) is 0.690. The van der Waals surface area contributed by atoms with E-state index in [1.165, 1.54) is 12.1 Å². The first-order valence-corrected chi connectivity index (χ1v) is 8.03. The molecule has 0 aliphatic carbocycles. The van der Waals surface area contributed by atoms with E-state index in [0.29, 0.717) is 22.2 Å². The predicted molar refractivity (Wildman–Crippen MR) is 92.8 cm³/mol. The third-order valence-electron chi connectivity index (χ3n) is 3.48. The number of rotatable bonds is 6. The molecule has 2 aromatic carbocycles. The van der Waals surface area contributed by atoms with Crippen molar-refractivity contribution in [2.75, 3.05) is 25.1 Å². The highest BCUT2D eigenvalue weighted by atomic mass is 35.5. The number of hydrogen-bond acceptors (Lipinski definition) is 6. The van der Waals surface area contributed by atoms with Gasteiger partial charge < -0.3 is 19.5 Å². The smallest absolute Gasteiger partial charge is 0.344 e. The van der Waals surface area contributed by atoms with Crippen molar-refractivity contribution in [2.45, 2.75) is 0 Å². The van der Waals surface area contributed by atoms with E-state index in [0.717, 1.165) is 0 Å². The first-order chi connectivity index (χ1) is 12.5. The third kappa shape index (κ3) is 4.31. The summed E-state index contributed by atoms with van der Waals surface area (Å²) < 4.78 is 15.4. The molecule has 1 heterocycles. The van der Waals surface area contributed by atoms with Crippen LogP contribution in [0.1, 0.15) is 10.4 Å². The summed E-state index contributed by atoms with van der Waals surface area (Å²) in [5, 5.41) is 2.98. The molecule has 0 aromatic heterocycles. The van der Waals surface area contributed by atoms with Gasteiger partial charge in [-0.1, -0.05) is 23.7 Å². The number of Topliss-reactive ketones (excluding diaryl/α,β-unsaturated/α-hetero) is 1. The Bertz CT molecular complexity index is 867. The largest absolute Gasteiger partial charge is 0.482 e. The van der Waals surface area contributed by atoms with Gasteiger partial charge in [-0.2, -0.15) is 0 Å². The molecule has 0 spiro atoms. The van der Waals surface area contributed by atoms with Crippen LogP contribution in [0.25, 0.3) is 0 Å². The van der Waals surface area contributed by atoms with Crippen molar-refractivity contribution in [2.24, 2.45) is 0 Å². The monoisotopic (exact) mass is 375 g/mol. The first kappa shape index (κ1) is 17.8. The molecule has 0 atom stereocenters. The second kappa shape index (κ2) is 7.88. The van der Waals surface area contributed by atoms with E-state index in [1.54, 1.807) is 30.3 Å². The number of carbonyl (C=O) groups excluding carboxylic acids is 3. The third-order valence-corrected chi connectivity index (χ3v) is 3.79. The SMILES string of the molecule is O=C1COc2ccc(C(=O)COC(=O)COc3ccccc3Cl)cc2N1. The Morgan fingerprint density at radius 3 is 2.77 bits per heavy atom. The lowest BCUT2D eigenvalue weighted by Gasteiger charge is -2.18. The van der Waals surface area contributed by atoms with Gasteiger partial charge in [-0.15, -0.1) is 0 Å². The molecule has 0 unspecified atom stereocenters. The molecule has 3 rings (SSSR count). The van der Waals surface area contributed by atoms with Crippen molar-refractivity contribution >= 4 is 34.9 Å². The molecule has 7 nitrogen and oxygen atoms in total. The Kier molecular flexibility index (Phi) is 5.38. The maximum Gasteiger partial charge on any atom is 0.344 e. The maximum absolute atomic E-state index is 12.2. The summed E-state index contributed by atoms with van der Waals surface area (Å²) in [6.07, 6.45) is 0. The standard InChI is InChI=1S/C18H14ClNO6/c19-12-3-1-2-4-15(12)25-10-18(23)26-8-14(21)11-5-6-16-13(7-11)20-17(22)9-24-16/h1-7H,8-10H2,(H,20,22). The van der Waals surface area contributed by atoms with Crippen molar-refractivity contribution in [3.8, 4) is 11.5 Å². The van der Waals surface area contributed by atoms with E-state index >= 15 is 0 Å². The second-order valence-electron chi connectivity index (χ2n) is 5.35. The molecule has 0 radical (unpaired) electrons. The Hall–Kier alpha value is -3.06. The van der Waals surface area contributed by atoms with Crippen LogP contribution in [0.2, 0.25) is 5.02 Å². The van der Waals surface area contributed by atoms with E-state index in [9.17, 15) is 14.4 Å². The number of anilines is 1. The fraction of sp³-hybridized carbons (Fsp3) is 0.167. The number of fused-ring (bicyclic) bond motifs is 1. The minimum Gasteiger partial charge on any atom is -0.482 e. The summed E-state index contributed by atoms with van der Waals surface area (Å²) in [6.45, 7) is -0.882. The molecule has 1 aliphatic rings. The van der Waals surface area contributed by atoms with Crippen LogP contribution in [0.4, 0.5) is 5.69 Å². The van der Waals surface area contributed by atoms with Gasteiger partial charge in [0, 0.05) is 5.56 Å². The van der Waals surface area contributed by atoms with Crippen molar-refractivity contribution in [1.29, 1.82) is 0 Å². The molecule has 0 saturated carbocycles. The average Bonchev–Trinajstić information content (AvgIpc) is 2.64. The van der Waals surface area contributed by atoms with Crippen molar-refractivity contribution in [1.82, 2.24) is 0 Å². The van der Waals surface area contributed by atoms with Crippen LogP contribution in [0, 0.1) is 0 Å². The fourth-order valence-corrected chi connectivity index (χ4v) is 2.42. The van der Waals surface area contributed by atoms with Crippen LogP contribution in [0.5, 0.6) is 11.5 Å². The van der Waals surface area contributed by atoms with Crippen LogP contribution in [0.15, 0.2) is 42.5 Å². The van der Waals surface area contributed by atoms with Gasteiger partial charge in [0.25, 0.3) is 5.91 Å². The van der Waals surface area contributed by atoms with Crippen LogP contribution < -0.4 is 14.8 Å².